The first-order valence-electron chi connectivity index (χ1n) is 5.28. The highest BCUT2D eigenvalue weighted by molar-refractivity contribution is 5.72. The van der Waals surface area contributed by atoms with Crippen molar-refractivity contribution in [3.05, 3.63) is 23.3 Å². The van der Waals surface area contributed by atoms with E-state index in [1.54, 1.807) is 0 Å². The van der Waals surface area contributed by atoms with Crippen LogP contribution >= 0.6 is 0 Å². The second kappa shape index (κ2) is 3.52. The first kappa shape index (κ1) is 9.38. The van der Waals surface area contributed by atoms with E-state index in [0.717, 1.165) is 6.54 Å². The molecule has 14 heavy (non-hydrogen) atoms. The zero-order chi connectivity index (χ0) is 10.1. The molecule has 0 aliphatic carbocycles. The van der Waals surface area contributed by atoms with E-state index in [1.165, 1.54) is 28.9 Å². The first-order valence-corrected chi connectivity index (χ1v) is 5.28. The number of benzene rings is 1. The maximum Gasteiger partial charge on any atom is 0.0580 e. The standard InChI is InChI=1S/C12H18N2/c1-8-6-11-12(7-9(8)2)14-10(3)4-5-13-11/h6-7,10,13-14H,4-5H2,1-3H3. The van der Waals surface area contributed by atoms with E-state index in [9.17, 15) is 0 Å². The Kier molecular flexibility index (Phi) is 2.36. The maximum atomic E-state index is 3.53. The van der Waals surface area contributed by atoms with Crippen LogP contribution < -0.4 is 10.6 Å². The number of nitrogens with one attached hydrogen (secondary N) is 2. The molecule has 2 N–H and O–H groups in total. The average molecular weight is 190 g/mol. The van der Waals surface area contributed by atoms with Crippen molar-refractivity contribution < 1.29 is 0 Å². The zero-order valence-electron chi connectivity index (χ0n) is 9.15. The van der Waals surface area contributed by atoms with Gasteiger partial charge < -0.3 is 10.6 Å². The molecular weight excluding hydrogens is 172 g/mol. The third-order valence-corrected chi connectivity index (χ3v) is 2.93. The van der Waals surface area contributed by atoms with Crippen LogP contribution in [0.1, 0.15) is 24.5 Å². The summed E-state index contributed by atoms with van der Waals surface area (Å²) in [5.41, 5.74) is 5.20. The lowest BCUT2D eigenvalue weighted by atomic mass is 10.1. The lowest BCUT2D eigenvalue weighted by Gasteiger charge is -2.14. The Bertz CT molecular complexity index is 344. The topological polar surface area (TPSA) is 24.1 Å². The van der Waals surface area contributed by atoms with Gasteiger partial charge in [-0.25, -0.2) is 0 Å². The Hall–Kier alpha value is -1.18. The molecule has 0 fully saturated rings. The molecule has 2 rings (SSSR count). The molecule has 1 aromatic carbocycles. The number of hydrogen-bond donors (Lipinski definition) is 2. The van der Waals surface area contributed by atoms with Crippen molar-refractivity contribution in [2.75, 3.05) is 17.2 Å². The van der Waals surface area contributed by atoms with E-state index in [1.807, 2.05) is 0 Å². The van der Waals surface area contributed by atoms with Crippen LogP contribution in [-0.2, 0) is 0 Å². The first-order chi connectivity index (χ1) is 6.66. The molecule has 1 heterocycles. The van der Waals surface area contributed by atoms with Crippen molar-refractivity contribution in [2.24, 2.45) is 0 Å². The molecule has 0 saturated heterocycles. The molecule has 2 heteroatoms. The summed E-state index contributed by atoms with van der Waals surface area (Å²) in [6.07, 6.45) is 1.17. The van der Waals surface area contributed by atoms with Crippen LogP contribution in [0.3, 0.4) is 0 Å². The number of fused-ring (bicyclic) bond motifs is 1. The Balaban J connectivity index is 2.41. The number of anilines is 2. The summed E-state index contributed by atoms with van der Waals surface area (Å²) in [7, 11) is 0. The number of aryl methyl sites for hydroxylation is 2. The highest BCUT2D eigenvalue weighted by atomic mass is 15.0. The second-order valence-electron chi connectivity index (χ2n) is 4.24. The molecule has 0 saturated carbocycles. The summed E-state index contributed by atoms with van der Waals surface area (Å²) < 4.78 is 0. The minimum Gasteiger partial charge on any atom is -0.383 e. The maximum absolute atomic E-state index is 3.53. The summed E-state index contributed by atoms with van der Waals surface area (Å²) >= 11 is 0. The third kappa shape index (κ3) is 1.69. The summed E-state index contributed by atoms with van der Waals surface area (Å²) in [5.74, 6) is 0. The van der Waals surface area contributed by atoms with Gasteiger partial charge >= 0.3 is 0 Å². The summed E-state index contributed by atoms with van der Waals surface area (Å²) in [6.45, 7) is 7.61. The summed E-state index contributed by atoms with van der Waals surface area (Å²) in [5, 5.41) is 6.99. The largest absolute Gasteiger partial charge is 0.383 e. The molecule has 0 bridgehead atoms. The molecule has 0 spiro atoms. The van der Waals surface area contributed by atoms with Crippen LogP contribution in [0.25, 0.3) is 0 Å². The summed E-state index contributed by atoms with van der Waals surface area (Å²) in [4.78, 5) is 0. The fraction of sp³-hybridized carbons (Fsp3) is 0.500. The Labute approximate surface area is 85.7 Å². The van der Waals surface area contributed by atoms with E-state index in [2.05, 4.69) is 43.5 Å². The van der Waals surface area contributed by atoms with Crippen LogP contribution in [0, 0.1) is 13.8 Å². The highest BCUT2D eigenvalue weighted by Gasteiger charge is 2.12. The van der Waals surface area contributed by atoms with Gasteiger partial charge in [0, 0.05) is 12.6 Å². The molecule has 1 aliphatic rings. The lowest BCUT2D eigenvalue weighted by Crippen LogP contribution is -2.14. The van der Waals surface area contributed by atoms with Gasteiger partial charge in [-0.2, -0.15) is 0 Å². The van der Waals surface area contributed by atoms with Crippen molar-refractivity contribution in [3.63, 3.8) is 0 Å². The predicted octanol–water partition coefficient (Wildman–Crippen LogP) is 2.92. The van der Waals surface area contributed by atoms with E-state index >= 15 is 0 Å². The van der Waals surface area contributed by atoms with E-state index in [0.29, 0.717) is 6.04 Å². The predicted molar refractivity (Wildman–Crippen MR) is 62.1 cm³/mol. The normalized spacial score (nSPS) is 20.4. The highest BCUT2D eigenvalue weighted by Crippen LogP contribution is 2.28. The smallest absolute Gasteiger partial charge is 0.0580 e. The van der Waals surface area contributed by atoms with Crippen molar-refractivity contribution in [3.8, 4) is 0 Å². The van der Waals surface area contributed by atoms with Gasteiger partial charge in [0.15, 0.2) is 0 Å². The van der Waals surface area contributed by atoms with Crippen LogP contribution in [0.15, 0.2) is 12.1 Å². The van der Waals surface area contributed by atoms with Crippen LogP contribution in [0.5, 0.6) is 0 Å². The lowest BCUT2D eigenvalue weighted by molar-refractivity contribution is 0.745. The third-order valence-electron chi connectivity index (χ3n) is 2.93. The molecule has 1 aliphatic heterocycles. The van der Waals surface area contributed by atoms with Gasteiger partial charge in [-0.1, -0.05) is 0 Å². The van der Waals surface area contributed by atoms with Crippen molar-refractivity contribution in [2.45, 2.75) is 33.2 Å². The minimum absolute atomic E-state index is 0.561. The molecule has 2 nitrogen and oxygen atoms in total. The molecular formula is C12H18N2. The molecule has 1 aromatic rings. The molecule has 0 aromatic heterocycles. The van der Waals surface area contributed by atoms with Gasteiger partial charge in [0.05, 0.1) is 11.4 Å². The Morgan fingerprint density at radius 2 is 1.79 bits per heavy atom. The van der Waals surface area contributed by atoms with Crippen LogP contribution in [-0.4, -0.2) is 12.6 Å². The average Bonchev–Trinajstić information content (AvgIpc) is 2.28. The van der Waals surface area contributed by atoms with Crippen molar-refractivity contribution in [1.82, 2.24) is 0 Å². The molecule has 76 valence electrons. The molecule has 0 radical (unpaired) electrons. The van der Waals surface area contributed by atoms with Gasteiger partial charge in [0.2, 0.25) is 0 Å². The van der Waals surface area contributed by atoms with E-state index in [4.69, 9.17) is 0 Å². The van der Waals surface area contributed by atoms with Gasteiger partial charge in [0.25, 0.3) is 0 Å². The Morgan fingerprint density at radius 1 is 1.14 bits per heavy atom. The molecule has 0 amide bonds. The van der Waals surface area contributed by atoms with Crippen molar-refractivity contribution in [1.29, 1.82) is 0 Å². The quantitative estimate of drug-likeness (QED) is 0.657. The van der Waals surface area contributed by atoms with Gasteiger partial charge in [-0.3, -0.25) is 0 Å². The van der Waals surface area contributed by atoms with E-state index < -0.39 is 0 Å². The fourth-order valence-corrected chi connectivity index (χ4v) is 1.84. The van der Waals surface area contributed by atoms with E-state index in [-0.39, 0.29) is 0 Å². The number of hydrogen-bond acceptors (Lipinski definition) is 2. The number of rotatable bonds is 0. The SMILES string of the molecule is Cc1cc2c(cc1C)NC(C)CCN2. The monoisotopic (exact) mass is 190 g/mol. The van der Waals surface area contributed by atoms with Crippen LogP contribution in [0.2, 0.25) is 0 Å². The van der Waals surface area contributed by atoms with Crippen LogP contribution in [0.4, 0.5) is 11.4 Å². The molecule has 1 atom stereocenters. The summed E-state index contributed by atoms with van der Waals surface area (Å²) in [6, 6.07) is 5.03. The molecule has 1 unspecified atom stereocenters. The van der Waals surface area contributed by atoms with Gasteiger partial charge in [0.1, 0.15) is 0 Å². The Morgan fingerprint density at radius 3 is 2.50 bits per heavy atom. The zero-order valence-corrected chi connectivity index (χ0v) is 9.15. The minimum atomic E-state index is 0.561. The van der Waals surface area contributed by atoms with Gasteiger partial charge in [-0.05, 0) is 50.5 Å². The van der Waals surface area contributed by atoms with Gasteiger partial charge in [-0.15, -0.1) is 0 Å². The fourth-order valence-electron chi connectivity index (χ4n) is 1.84. The second-order valence-corrected chi connectivity index (χ2v) is 4.24. The van der Waals surface area contributed by atoms with Crippen molar-refractivity contribution >= 4 is 11.4 Å².